The first-order valence-corrected chi connectivity index (χ1v) is 5.79. The summed E-state index contributed by atoms with van der Waals surface area (Å²) < 4.78 is 4.50. The average molecular weight is 244 g/mol. The van der Waals surface area contributed by atoms with Crippen LogP contribution in [0.2, 0.25) is 0 Å². The van der Waals surface area contributed by atoms with E-state index in [0.717, 1.165) is 0 Å². The molecule has 0 aromatic carbocycles. The summed E-state index contributed by atoms with van der Waals surface area (Å²) in [5, 5.41) is 5.35. The Bertz CT molecular complexity index is 269. The number of nitrogens with one attached hydrogen (secondary N) is 2. The number of carbonyl (C=O) groups is 2. The molecule has 0 saturated heterocycles. The maximum atomic E-state index is 11.9. The van der Waals surface area contributed by atoms with Crippen LogP contribution in [0.15, 0.2) is 0 Å². The highest BCUT2D eigenvalue weighted by Gasteiger charge is 2.25. The van der Waals surface area contributed by atoms with Crippen molar-refractivity contribution in [3.8, 4) is 0 Å². The second kappa shape index (κ2) is 6.47. The zero-order valence-electron chi connectivity index (χ0n) is 11.6. The standard InChI is InChI=1S/C12H24N2O3/c1-8(2)9(14-11(16)17-6)10(15)13-7-12(3,4)5/h8-9H,7H2,1-6H3,(H,13,15)(H,14,16)/t9-/m0/s1. The maximum Gasteiger partial charge on any atom is 0.407 e. The molecular weight excluding hydrogens is 220 g/mol. The van der Waals surface area contributed by atoms with Gasteiger partial charge in [-0.1, -0.05) is 34.6 Å². The van der Waals surface area contributed by atoms with Crippen molar-refractivity contribution in [2.24, 2.45) is 11.3 Å². The molecule has 0 fully saturated rings. The van der Waals surface area contributed by atoms with Gasteiger partial charge in [-0.15, -0.1) is 0 Å². The molecule has 0 spiro atoms. The molecule has 100 valence electrons. The number of rotatable bonds is 4. The van der Waals surface area contributed by atoms with Gasteiger partial charge in [0.25, 0.3) is 0 Å². The topological polar surface area (TPSA) is 67.4 Å². The highest BCUT2D eigenvalue weighted by molar-refractivity contribution is 5.85. The van der Waals surface area contributed by atoms with Crippen molar-refractivity contribution < 1.29 is 14.3 Å². The molecule has 2 amide bonds. The molecule has 0 saturated carbocycles. The van der Waals surface area contributed by atoms with Crippen molar-refractivity contribution in [1.82, 2.24) is 10.6 Å². The van der Waals surface area contributed by atoms with Gasteiger partial charge in [0.05, 0.1) is 7.11 Å². The molecule has 0 aliphatic rings. The van der Waals surface area contributed by atoms with E-state index in [1.54, 1.807) is 0 Å². The maximum absolute atomic E-state index is 11.9. The van der Waals surface area contributed by atoms with Crippen LogP contribution < -0.4 is 10.6 Å². The lowest BCUT2D eigenvalue weighted by Crippen LogP contribution is -2.51. The Hall–Kier alpha value is -1.26. The summed E-state index contributed by atoms with van der Waals surface area (Å²) >= 11 is 0. The van der Waals surface area contributed by atoms with Crippen molar-refractivity contribution in [2.45, 2.75) is 40.7 Å². The van der Waals surface area contributed by atoms with Crippen LogP contribution in [0.3, 0.4) is 0 Å². The summed E-state index contributed by atoms with van der Waals surface area (Å²) in [7, 11) is 1.28. The lowest BCUT2D eigenvalue weighted by Gasteiger charge is -2.24. The smallest absolute Gasteiger partial charge is 0.407 e. The van der Waals surface area contributed by atoms with Gasteiger partial charge in [-0.3, -0.25) is 4.79 Å². The average Bonchev–Trinajstić information content (AvgIpc) is 2.20. The van der Waals surface area contributed by atoms with Crippen LogP contribution in [0.4, 0.5) is 4.79 Å². The van der Waals surface area contributed by atoms with Gasteiger partial charge in [-0.2, -0.15) is 0 Å². The van der Waals surface area contributed by atoms with Crippen LogP contribution >= 0.6 is 0 Å². The Kier molecular flexibility index (Phi) is 5.99. The van der Waals surface area contributed by atoms with E-state index in [9.17, 15) is 9.59 Å². The van der Waals surface area contributed by atoms with Crippen molar-refractivity contribution >= 4 is 12.0 Å². The second-order valence-corrected chi connectivity index (χ2v) is 5.64. The summed E-state index contributed by atoms with van der Waals surface area (Å²) in [6, 6.07) is -0.565. The minimum Gasteiger partial charge on any atom is -0.453 e. The molecule has 0 heterocycles. The quantitative estimate of drug-likeness (QED) is 0.788. The van der Waals surface area contributed by atoms with E-state index in [4.69, 9.17) is 0 Å². The van der Waals surface area contributed by atoms with E-state index in [-0.39, 0.29) is 17.2 Å². The van der Waals surface area contributed by atoms with Gasteiger partial charge in [0.1, 0.15) is 6.04 Å². The monoisotopic (exact) mass is 244 g/mol. The van der Waals surface area contributed by atoms with Gasteiger partial charge in [-0.25, -0.2) is 4.79 Å². The zero-order valence-corrected chi connectivity index (χ0v) is 11.6. The number of carbonyl (C=O) groups excluding carboxylic acids is 2. The first-order valence-electron chi connectivity index (χ1n) is 5.79. The van der Waals surface area contributed by atoms with Crippen molar-refractivity contribution in [3.05, 3.63) is 0 Å². The largest absolute Gasteiger partial charge is 0.453 e. The first-order chi connectivity index (χ1) is 7.67. The fraction of sp³-hybridized carbons (Fsp3) is 0.833. The van der Waals surface area contributed by atoms with E-state index in [1.165, 1.54) is 7.11 Å². The summed E-state index contributed by atoms with van der Waals surface area (Å²) in [5.41, 5.74) is 0.0163. The number of amides is 2. The Morgan fingerprint density at radius 1 is 1.24 bits per heavy atom. The third-order valence-electron chi connectivity index (χ3n) is 2.20. The minimum atomic E-state index is -0.588. The fourth-order valence-electron chi connectivity index (χ4n) is 1.18. The molecule has 0 unspecified atom stereocenters. The number of ether oxygens (including phenoxy) is 1. The van der Waals surface area contributed by atoms with Crippen LogP contribution in [0.5, 0.6) is 0 Å². The molecule has 5 heteroatoms. The molecule has 2 N–H and O–H groups in total. The van der Waals surface area contributed by atoms with Crippen molar-refractivity contribution in [1.29, 1.82) is 0 Å². The van der Waals surface area contributed by atoms with Gasteiger partial charge < -0.3 is 15.4 Å². The fourth-order valence-corrected chi connectivity index (χ4v) is 1.18. The molecule has 0 aliphatic carbocycles. The molecule has 0 aromatic rings. The number of hydrogen-bond donors (Lipinski definition) is 2. The number of methoxy groups -OCH3 is 1. The lowest BCUT2D eigenvalue weighted by molar-refractivity contribution is -0.124. The third kappa shape index (κ3) is 6.81. The predicted molar refractivity (Wildman–Crippen MR) is 66.6 cm³/mol. The molecule has 17 heavy (non-hydrogen) atoms. The first kappa shape index (κ1) is 15.7. The summed E-state index contributed by atoms with van der Waals surface area (Å²) in [4.78, 5) is 23.0. The van der Waals surface area contributed by atoms with E-state index < -0.39 is 12.1 Å². The minimum absolute atomic E-state index is 0.00840. The predicted octanol–water partition coefficient (Wildman–Crippen LogP) is 1.53. The van der Waals surface area contributed by atoms with Crippen LogP contribution in [0.25, 0.3) is 0 Å². The molecule has 0 radical (unpaired) electrons. The molecule has 1 atom stereocenters. The SMILES string of the molecule is COC(=O)N[C@H](C(=O)NCC(C)(C)C)C(C)C. The Balaban J connectivity index is 4.40. The molecule has 0 aromatic heterocycles. The van der Waals surface area contributed by atoms with Gasteiger partial charge >= 0.3 is 6.09 Å². The van der Waals surface area contributed by atoms with Gasteiger partial charge in [0.15, 0.2) is 0 Å². The van der Waals surface area contributed by atoms with Crippen LogP contribution in [-0.2, 0) is 9.53 Å². The Morgan fingerprint density at radius 3 is 2.12 bits per heavy atom. The zero-order chi connectivity index (χ0) is 13.6. The molecule has 5 nitrogen and oxygen atoms in total. The Labute approximate surface area is 103 Å². The highest BCUT2D eigenvalue weighted by atomic mass is 16.5. The third-order valence-corrected chi connectivity index (χ3v) is 2.20. The van der Waals surface area contributed by atoms with Crippen LogP contribution in [0.1, 0.15) is 34.6 Å². The summed E-state index contributed by atoms with van der Waals surface area (Å²) in [6.07, 6.45) is -0.588. The van der Waals surface area contributed by atoms with E-state index in [0.29, 0.717) is 6.54 Å². The van der Waals surface area contributed by atoms with Crippen molar-refractivity contribution in [3.63, 3.8) is 0 Å². The van der Waals surface area contributed by atoms with E-state index in [2.05, 4.69) is 15.4 Å². The van der Waals surface area contributed by atoms with E-state index in [1.807, 2.05) is 34.6 Å². The molecule has 0 rings (SSSR count). The summed E-state index contributed by atoms with van der Waals surface area (Å²) in [6.45, 7) is 10.4. The van der Waals surface area contributed by atoms with Crippen LogP contribution in [0, 0.1) is 11.3 Å². The van der Waals surface area contributed by atoms with E-state index >= 15 is 0 Å². The normalized spacial score (nSPS) is 13.1. The van der Waals surface area contributed by atoms with Gasteiger partial charge in [-0.05, 0) is 11.3 Å². The Morgan fingerprint density at radius 2 is 1.76 bits per heavy atom. The molecular formula is C12H24N2O3. The van der Waals surface area contributed by atoms with Crippen molar-refractivity contribution in [2.75, 3.05) is 13.7 Å². The second-order valence-electron chi connectivity index (χ2n) is 5.64. The van der Waals surface area contributed by atoms with Crippen LogP contribution in [-0.4, -0.2) is 31.7 Å². The number of alkyl carbamates (subject to hydrolysis) is 1. The molecule has 0 bridgehead atoms. The highest BCUT2D eigenvalue weighted by Crippen LogP contribution is 2.11. The van der Waals surface area contributed by atoms with Gasteiger partial charge in [0.2, 0.25) is 5.91 Å². The lowest BCUT2D eigenvalue weighted by atomic mass is 9.96. The number of hydrogen-bond acceptors (Lipinski definition) is 3. The molecule has 0 aliphatic heterocycles. The summed E-state index contributed by atoms with van der Waals surface area (Å²) in [5.74, 6) is -0.172. The van der Waals surface area contributed by atoms with Gasteiger partial charge in [0, 0.05) is 6.54 Å².